The Morgan fingerprint density at radius 2 is 1.47 bits per heavy atom. The highest BCUT2D eigenvalue weighted by atomic mass is 35.5. The molecule has 0 saturated carbocycles. The van der Waals surface area contributed by atoms with Crippen LogP contribution in [0, 0.1) is 0 Å². The van der Waals surface area contributed by atoms with Crippen LogP contribution in [0.2, 0.25) is 35.7 Å². The monoisotopic (exact) mass is 722 g/mol. The van der Waals surface area contributed by atoms with E-state index in [-0.39, 0.29) is 57.0 Å². The maximum Gasteiger partial charge on any atom is 0.223 e. The number of halogens is 2. The van der Waals surface area contributed by atoms with E-state index in [2.05, 4.69) is 19.6 Å². The van der Waals surface area contributed by atoms with Crippen LogP contribution in [0.25, 0.3) is 0 Å². The quantitative estimate of drug-likeness (QED) is 0.0838. The van der Waals surface area contributed by atoms with Gasteiger partial charge in [0.15, 0.2) is 6.79 Å². The number of hydrogen-bond acceptors (Lipinski definition) is 7. The summed E-state index contributed by atoms with van der Waals surface area (Å²) in [5, 5.41) is 0.679. The Bertz CT molecular complexity index is 1550. The fourth-order valence-corrected chi connectivity index (χ4v) is 7.89. The lowest BCUT2D eigenvalue weighted by atomic mass is 9.97. The van der Waals surface area contributed by atoms with E-state index in [0.717, 1.165) is 17.2 Å². The summed E-state index contributed by atoms with van der Waals surface area (Å²) in [6, 6.07) is 19.0. The summed E-state index contributed by atoms with van der Waals surface area (Å²) in [6.07, 6.45) is 0.161. The highest BCUT2D eigenvalue weighted by Gasteiger charge is 2.35. The number of amides is 1. The topological polar surface area (TPSA) is 94.6 Å². The average Bonchev–Trinajstić information content (AvgIpc) is 3.41. The first-order valence-electron chi connectivity index (χ1n) is 15.5. The minimum atomic E-state index is -3.80. The van der Waals surface area contributed by atoms with Crippen LogP contribution < -0.4 is 14.2 Å². The standard InChI is InChI=1S/C34H44Cl2N2O7SSi/c1-42-28-10-6-25(7-11-28)21-38(22-26-8-12-29(43-2)13-9-26)46(40,41)18-16-37-23-27(20-32(37)39)33-31(15-14-30(35)34(33)36)45-24-44-17-19-47(3,4)5/h6-15,27H,16-24H2,1-5H3/t27-/m1/s1. The SMILES string of the molecule is COc1ccc(CN(Cc2ccc(OC)cc2)S(=O)(=O)CCN2C[C@H](c3c(OCOCC[Si](C)(C)C)ccc(Cl)c3Cl)CC2=O)cc1. The molecule has 0 unspecified atom stereocenters. The molecule has 0 bridgehead atoms. The van der Waals surface area contributed by atoms with Gasteiger partial charge in [0.25, 0.3) is 0 Å². The van der Waals surface area contributed by atoms with Crippen LogP contribution in [0.3, 0.4) is 0 Å². The third-order valence-corrected chi connectivity index (χ3v) is 12.3. The Morgan fingerprint density at radius 1 is 0.894 bits per heavy atom. The molecule has 1 saturated heterocycles. The van der Waals surface area contributed by atoms with Crippen molar-refractivity contribution < 1.29 is 32.2 Å². The van der Waals surface area contributed by atoms with Gasteiger partial charge in [0.1, 0.15) is 17.2 Å². The van der Waals surface area contributed by atoms with Crippen LogP contribution in [0.1, 0.15) is 29.0 Å². The molecule has 1 aliphatic heterocycles. The van der Waals surface area contributed by atoms with E-state index in [1.54, 1.807) is 55.5 Å². The lowest BCUT2D eigenvalue weighted by Gasteiger charge is -2.25. The molecule has 3 aromatic carbocycles. The summed E-state index contributed by atoms with van der Waals surface area (Å²) in [4.78, 5) is 14.8. The van der Waals surface area contributed by atoms with Crippen molar-refractivity contribution in [1.82, 2.24) is 9.21 Å². The summed E-state index contributed by atoms with van der Waals surface area (Å²) in [5.74, 6) is 1.16. The Balaban J connectivity index is 1.46. The third kappa shape index (κ3) is 10.6. The number of ether oxygens (including phenoxy) is 4. The van der Waals surface area contributed by atoms with Gasteiger partial charge in [0, 0.05) is 58.8 Å². The number of likely N-dealkylation sites (tertiary alicyclic amines) is 1. The van der Waals surface area contributed by atoms with Crippen molar-refractivity contribution in [3.63, 3.8) is 0 Å². The van der Waals surface area contributed by atoms with E-state index < -0.39 is 18.1 Å². The number of benzene rings is 3. The second-order valence-electron chi connectivity index (χ2n) is 12.8. The second-order valence-corrected chi connectivity index (χ2v) is 21.3. The second kappa shape index (κ2) is 16.5. The number of hydrogen-bond donors (Lipinski definition) is 0. The van der Waals surface area contributed by atoms with Crippen LogP contribution >= 0.6 is 23.2 Å². The van der Waals surface area contributed by atoms with E-state index >= 15 is 0 Å². The predicted octanol–water partition coefficient (Wildman–Crippen LogP) is 7.05. The molecule has 0 radical (unpaired) electrons. The largest absolute Gasteiger partial charge is 0.497 e. The van der Waals surface area contributed by atoms with Gasteiger partial charge in [-0.3, -0.25) is 4.79 Å². The molecule has 47 heavy (non-hydrogen) atoms. The normalized spacial score (nSPS) is 15.4. The van der Waals surface area contributed by atoms with Gasteiger partial charge >= 0.3 is 0 Å². The van der Waals surface area contributed by atoms with E-state index in [9.17, 15) is 13.2 Å². The van der Waals surface area contributed by atoms with Gasteiger partial charge in [0.05, 0.1) is 30.0 Å². The van der Waals surface area contributed by atoms with Crippen molar-refractivity contribution in [2.24, 2.45) is 0 Å². The molecule has 3 aromatic rings. The minimum absolute atomic E-state index is 0.0353. The van der Waals surface area contributed by atoms with Crippen LogP contribution in [0.5, 0.6) is 17.2 Å². The zero-order valence-corrected chi connectivity index (χ0v) is 31.0. The molecule has 1 fully saturated rings. The molecule has 1 atom stereocenters. The summed E-state index contributed by atoms with van der Waals surface area (Å²) < 4.78 is 51.4. The zero-order valence-electron chi connectivity index (χ0n) is 27.6. The van der Waals surface area contributed by atoms with Gasteiger partial charge in [-0.2, -0.15) is 4.31 Å². The van der Waals surface area contributed by atoms with E-state index in [4.69, 9.17) is 42.1 Å². The lowest BCUT2D eigenvalue weighted by molar-refractivity contribution is -0.127. The third-order valence-electron chi connectivity index (χ3n) is 8.06. The molecule has 0 N–H and O–H groups in total. The fourth-order valence-electron chi connectivity index (χ4n) is 5.26. The van der Waals surface area contributed by atoms with Gasteiger partial charge in [-0.15, -0.1) is 0 Å². The fraction of sp³-hybridized carbons (Fsp3) is 0.441. The number of nitrogens with zero attached hydrogens (tertiary/aromatic N) is 2. The molecule has 9 nitrogen and oxygen atoms in total. The van der Waals surface area contributed by atoms with Crippen molar-refractivity contribution in [2.45, 2.75) is 51.1 Å². The van der Waals surface area contributed by atoms with Gasteiger partial charge in [-0.1, -0.05) is 67.1 Å². The highest BCUT2D eigenvalue weighted by molar-refractivity contribution is 7.89. The number of sulfonamides is 1. The molecule has 1 aliphatic rings. The average molecular weight is 724 g/mol. The molecule has 256 valence electrons. The zero-order chi connectivity index (χ0) is 34.2. The Labute approximate surface area is 289 Å². The molecule has 1 amide bonds. The first-order chi connectivity index (χ1) is 22.3. The van der Waals surface area contributed by atoms with Crippen LogP contribution in [-0.4, -0.2) is 78.1 Å². The molecule has 0 aliphatic carbocycles. The van der Waals surface area contributed by atoms with Crippen LogP contribution in [-0.2, 0) is 32.6 Å². The van der Waals surface area contributed by atoms with Gasteiger partial charge in [-0.25, -0.2) is 8.42 Å². The number of rotatable bonds is 17. The van der Waals surface area contributed by atoms with Crippen molar-refractivity contribution >= 4 is 47.2 Å². The Kier molecular flexibility index (Phi) is 13.0. The predicted molar refractivity (Wildman–Crippen MR) is 189 cm³/mol. The summed E-state index contributed by atoms with van der Waals surface area (Å²) in [5.41, 5.74) is 2.26. The van der Waals surface area contributed by atoms with Crippen LogP contribution in [0.15, 0.2) is 60.7 Å². The Morgan fingerprint density at radius 3 is 2.00 bits per heavy atom. The van der Waals surface area contributed by atoms with Gasteiger partial charge in [0.2, 0.25) is 15.9 Å². The Hall–Kier alpha value is -2.80. The van der Waals surface area contributed by atoms with Crippen LogP contribution in [0.4, 0.5) is 0 Å². The molecular weight excluding hydrogens is 679 g/mol. The van der Waals surface area contributed by atoms with Crippen molar-refractivity contribution in [1.29, 1.82) is 0 Å². The molecule has 0 aromatic heterocycles. The first-order valence-corrected chi connectivity index (χ1v) is 21.6. The van der Waals surface area contributed by atoms with E-state index in [1.165, 1.54) is 4.31 Å². The lowest BCUT2D eigenvalue weighted by Crippen LogP contribution is -2.37. The minimum Gasteiger partial charge on any atom is -0.497 e. The molecular formula is C34H44Cl2N2O7SSi. The number of carbonyl (C=O) groups is 1. The van der Waals surface area contributed by atoms with Gasteiger partial charge in [-0.05, 0) is 53.6 Å². The first kappa shape index (κ1) is 37.0. The van der Waals surface area contributed by atoms with Crippen molar-refractivity contribution in [2.75, 3.05) is 46.5 Å². The summed E-state index contributed by atoms with van der Waals surface area (Å²) in [6.45, 7) is 8.14. The summed E-state index contributed by atoms with van der Waals surface area (Å²) >= 11 is 13.0. The van der Waals surface area contributed by atoms with Crippen molar-refractivity contribution in [3.05, 3.63) is 87.4 Å². The summed E-state index contributed by atoms with van der Waals surface area (Å²) in [7, 11) is -1.88. The van der Waals surface area contributed by atoms with Gasteiger partial charge < -0.3 is 23.8 Å². The molecule has 13 heteroatoms. The van der Waals surface area contributed by atoms with E-state index in [1.807, 2.05) is 24.3 Å². The maximum absolute atomic E-state index is 13.9. The molecule has 1 heterocycles. The molecule has 0 spiro atoms. The van der Waals surface area contributed by atoms with Crippen molar-refractivity contribution in [3.8, 4) is 17.2 Å². The number of methoxy groups -OCH3 is 2. The maximum atomic E-state index is 13.9. The smallest absolute Gasteiger partial charge is 0.223 e. The number of carbonyl (C=O) groups excluding carboxylic acids is 1. The highest BCUT2D eigenvalue weighted by Crippen LogP contribution is 2.42. The van der Waals surface area contributed by atoms with E-state index in [0.29, 0.717) is 39.5 Å². The molecule has 4 rings (SSSR count).